The van der Waals surface area contributed by atoms with Crippen molar-refractivity contribution in [3.8, 4) is 0 Å². The topological polar surface area (TPSA) is 69.5 Å². The molecule has 76 valence electrons. The maximum atomic E-state index is 9.57. The molecule has 0 spiro atoms. The summed E-state index contributed by atoms with van der Waals surface area (Å²) in [6, 6.07) is 0. The molecule has 0 amide bonds. The lowest BCUT2D eigenvalue weighted by Gasteiger charge is -2.15. The van der Waals surface area contributed by atoms with Crippen LogP contribution in [-0.4, -0.2) is 46.0 Å². The molecule has 1 saturated heterocycles. The standard InChI is InChI=1S/C9H13N3O2/c13-6-7-4-12(5-8(7)14)9-3-10-1-2-11-9/h1-3,7-8,13-14H,4-6H2. The van der Waals surface area contributed by atoms with Gasteiger partial charge in [0.15, 0.2) is 0 Å². The van der Waals surface area contributed by atoms with Gasteiger partial charge in [0.05, 0.1) is 18.9 Å². The Hall–Kier alpha value is -1.20. The summed E-state index contributed by atoms with van der Waals surface area (Å²) in [5, 5.41) is 18.5. The minimum atomic E-state index is -0.470. The first-order valence-electron chi connectivity index (χ1n) is 4.61. The zero-order valence-electron chi connectivity index (χ0n) is 7.74. The van der Waals surface area contributed by atoms with Gasteiger partial charge in [-0.3, -0.25) is 4.98 Å². The fourth-order valence-corrected chi connectivity index (χ4v) is 1.68. The van der Waals surface area contributed by atoms with Crippen molar-refractivity contribution in [1.29, 1.82) is 0 Å². The van der Waals surface area contributed by atoms with E-state index in [4.69, 9.17) is 5.11 Å². The highest BCUT2D eigenvalue weighted by molar-refractivity contribution is 5.37. The molecule has 0 aliphatic carbocycles. The molecule has 5 nitrogen and oxygen atoms in total. The van der Waals surface area contributed by atoms with Gasteiger partial charge in [0.1, 0.15) is 5.82 Å². The predicted octanol–water partition coefficient (Wildman–Crippen LogP) is -0.734. The van der Waals surface area contributed by atoms with Gasteiger partial charge in [-0.15, -0.1) is 0 Å². The Bertz CT molecular complexity index is 293. The number of aromatic nitrogens is 2. The van der Waals surface area contributed by atoms with E-state index in [1.54, 1.807) is 18.6 Å². The van der Waals surface area contributed by atoms with Crippen LogP contribution in [0, 0.1) is 5.92 Å². The maximum Gasteiger partial charge on any atom is 0.147 e. The average Bonchev–Trinajstić information content (AvgIpc) is 2.61. The fraction of sp³-hybridized carbons (Fsp3) is 0.556. The molecule has 1 aromatic rings. The van der Waals surface area contributed by atoms with E-state index in [2.05, 4.69) is 9.97 Å². The van der Waals surface area contributed by atoms with E-state index in [9.17, 15) is 5.11 Å². The molecule has 1 aliphatic heterocycles. The molecular formula is C9H13N3O2. The van der Waals surface area contributed by atoms with Crippen LogP contribution in [0.2, 0.25) is 0 Å². The van der Waals surface area contributed by atoms with E-state index in [0.29, 0.717) is 13.1 Å². The average molecular weight is 195 g/mol. The minimum absolute atomic E-state index is 0.0118. The van der Waals surface area contributed by atoms with Crippen LogP contribution in [0.4, 0.5) is 5.82 Å². The van der Waals surface area contributed by atoms with Gasteiger partial charge < -0.3 is 15.1 Å². The molecule has 2 unspecified atom stereocenters. The smallest absolute Gasteiger partial charge is 0.147 e. The van der Waals surface area contributed by atoms with Crippen molar-refractivity contribution < 1.29 is 10.2 Å². The summed E-state index contributed by atoms with van der Waals surface area (Å²) in [6.07, 6.45) is 4.42. The van der Waals surface area contributed by atoms with E-state index >= 15 is 0 Å². The molecule has 0 saturated carbocycles. The number of nitrogens with zero attached hydrogens (tertiary/aromatic N) is 3. The molecule has 1 fully saturated rings. The van der Waals surface area contributed by atoms with Crippen LogP contribution >= 0.6 is 0 Å². The lowest BCUT2D eigenvalue weighted by atomic mass is 10.1. The lowest BCUT2D eigenvalue weighted by molar-refractivity contribution is 0.104. The summed E-state index contributed by atoms with van der Waals surface area (Å²) in [5.41, 5.74) is 0. The van der Waals surface area contributed by atoms with Gasteiger partial charge >= 0.3 is 0 Å². The summed E-state index contributed by atoms with van der Waals surface area (Å²) in [7, 11) is 0. The lowest BCUT2D eigenvalue weighted by Crippen LogP contribution is -2.22. The number of β-amino-alcohol motifs (C(OH)–C–C–N with tert-alkyl or cyclic N) is 1. The zero-order chi connectivity index (χ0) is 9.97. The molecule has 5 heteroatoms. The molecule has 14 heavy (non-hydrogen) atoms. The maximum absolute atomic E-state index is 9.57. The molecule has 1 aromatic heterocycles. The second kappa shape index (κ2) is 3.89. The molecule has 2 atom stereocenters. The third-order valence-electron chi connectivity index (χ3n) is 2.51. The molecule has 2 N–H and O–H groups in total. The van der Waals surface area contributed by atoms with Gasteiger partial charge in [0.2, 0.25) is 0 Å². The fourth-order valence-electron chi connectivity index (χ4n) is 1.68. The van der Waals surface area contributed by atoms with Crippen molar-refractivity contribution in [3.05, 3.63) is 18.6 Å². The van der Waals surface area contributed by atoms with Crippen molar-refractivity contribution >= 4 is 5.82 Å². The van der Waals surface area contributed by atoms with Crippen molar-refractivity contribution in [1.82, 2.24) is 9.97 Å². The minimum Gasteiger partial charge on any atom is -0.396 e. The Labute approximate surface area is 82.0 Å². The van der Waals surface area contributed by atoms with Crippen LogP contribution in [0.25, 0.3) is 0 Å². The van der Waals surface area contributed by atoms with Crippen LogP contribution in [0.1, 0.15) is 0 Å². The number of hydrogen-bond donors (Lipinski definition) is 2. The van der Waals surface area contributed by atoms with E-state index in [-0.39, 0.29) is 12.5 Å². The highest BCUT2D eigenvalue weighted by atomic mass is 16.3. The second-order valence-corrected chi connectivity index (χ2v) is 3.48. The summed E-state index contributed by atoms with van der Waals surface area (Å²) in [6.45, 7) is 1.16. The molecule has 1 aliphatic rings. The Morgan fingerprint density at radius 3 is 2.86 bits per heavy atom. The Morgan fingerprint density at radius 1 is 1.43 bits per heavy atom. The Balaban J connectivity index is 2.09. The second-order valence-electron chi connectivity index (χ2n) is 3.48. The molecule has 2 heterocycles. The van der Waals surface area contributed by atoms with Crippen LogP contribution in [0.3, 0.4) is 0 Å². The first-order valence-corrected chi connectivity index (χ1v) is 4.61. The largest absolute Gasteiger partial charge is 0.396 e. The van der Waals surface area contributed by atoms with Gasteiger partial charge in [-0.2, -0.15) is 0 Å². The van der Waals surface area contributed by atoms with Crippen LogP contribution in [0.5, 0.6) is 0 Å². The first-order chi connectivity index (χ1) is 6.81. The number of aliphatic hydroxyl groups is 2. The summed E-state index contributed by atoms with van der Waals surface area (Å²) < 4.78 is 0. The van der Waals surface area contributed by atoms with Crippen molar-refractivity contribution in [2.24, 2.45) is 5.92 Å². The van der Waals surface area contributed by atoms with Gasteiger partial charge in [0, 0.05) is 31.4 Å². The first kappa shape index (κ1) is 9.36. The van der Waals surface area contributed by atoms with Gasteiger partial charge in [-0.25, -0.2) is 4.98 Å². The van der Waals surface area contributed by atoms with Crippen LogP contribution in [0.15, 0.2) is 18.6 Å². The van der Waals surface area contributed by atoms with Crippen LogP contribution < -0.4 is 4.90 Å². The zero-order valence-corrected chi connectivity index (χ0v) is 7.74. The summed E-state index contributed by atoms with van der Waals surface area (Å²) in [4.78, 5) is 10.0. The SMILES string of the molecule is OCC1CN(c2cnccn2)CC1O. The number of aliphatic hydroxyl groups excluding tert-OH is 2. The quantitative estimate of drug-likeness (QED) is 0.651. The van der Waals surface area contributed by atoms with Gasteiger partial charge in [-0.1, -0.05) is 0 Å². The van der Waals surface area contributed by atoms with E-state index in [0.717, 1.165) is 5.82 Å². The molecule has 0 aromatic carbocycles. The van der Waals surface area contributed by atoms with E-state index < -0.39 is 6.10 Å². The predicted molar refractivity (Wildman–Crippen MR) is 50.8 cm³/mol. The molecule has 0 radical (unpaired) electrons. The summed E-state index contributed by atoms with van der Waals surface area (Å²) in [5.74, 6) is 0.680. The monoisotopic (exact) mass is 195 g/mol. The Kier molecular flexibility index (Phi) is 2.60. The number of hydrogen-bond acceptors (Lipinski definition) is 5. The highest BCUT2D eigenvalue weighted by Crippen LogP contribution is 2.20. The molecule has 0 bridgehead atoms. The summed E-state index contributed by atoms with van der Waals surface area (Å²) >= 11 is 0. The van der Waals surface area contributed by atoms with Crippen LogP contribution in [-0.2, 0) is 0 Å². The van der Waals surface area contributed by atoms with Crippen molar-refractivity contribution in [3.63, 3.8) is 0 Å². The van der Waals surface area contributed by atoms with Gasteiger partial charge in [0.25, 0.3) is 0 Å². The van der Waals surface area contributed by atoms with E-state index in [1.165, 1.54) is 0 Å². The molecular weight excluding hydrogens is 182 g/mol. The third-order valence-corrected chi connectivity index (χ3v) is 2.51. The number of rotatable bonds is 2. The molecule has 2 rings (SSSR count). The van der Waals surface area contributed by atoms with Crippen molar-refractivity contribution in [2.75, 3.05) is 24.6 Å². The normalized spacial score (nSPS) is 26.9. The van der Waals surface area contributed by atoms with E-state index in [1.807, 2.05) is 4.90 Å². The van der Waals surface area contributed by atoms with Gasteiger partial charge in [-0.05, 0) is 0 Å². The third kappa shape index (κ3) is 1.69. The van der Waals surface area contributed by atoms with Crippen molar-refractivity contribution in [2.45, 2.75) is 6.10 Å². The Morgan fingerprint density at radius 2 is 2.29 bits per heavy atom. The number of anilines is 1. The highest BCUT2D eigenvalue weighted by Gasteiger charge is 2.31.